The van der Waals surface area contributed by atoms with Crippen LogP contribution < -0.4 is 10.6 Å². The molecule has 1 fully saturated rings. The van der Waals surface area contributed by atoms with Gasteiger partial charge in [0.15, 0.2) is 17.0 Å². The van der Waals surface area contributed by atoms with Gasteiger partial charge in [-0.15, -0.1) is 0 Å². The number of anilines is 2. The van der Waals surface area contributed by atoms with Gasteiger partial charge in [-0.2, -0.15) is 9.97 Å². The van der Waals surface area contributed by atoms with Crippen molar-refractivity contribution < 1.29 is 14.3 Å². The van der Waals surface area contributed by atoms with Crippen LogP contribution in [0.1, 0.15) is 17.3 Å². The molecule has 0 saturated carbocycles. The van der Waals surface area contributed by atoms with Gasteiger partial charge in [0.2, 0.25) is 5.95 Å². The molecule has 28 heavy (non-hydrogen) atoms. The molecule has 2 aromatic heterocycles. The Balaban J connectivity index is 1.84. The molecule has 1 saturated heterocycles. The Morgan fingerprint density at radius 2 is 2.00 bits per heavy atom. The van der Waals surface area contributed by atoms with Crippen LogP contribution in [-0.4, -0.2) is 58.8 Å². The summed E-state index contributed by atoms with van der Waals surface area (Å²) in [5, 5.41) is 0. The fourth-order valence-corrected chi connectivity index (χ4v) is 3.13. The average Bonchev–Trinajstić information content (AvgIpc) is 2.73. The first-order valence-corrected chi connectivity index (χ1v) is 9.07. The van der Waals surface area contributed by atoms with E-state index in [1.165, 1.54) is 0 Å². The van der Waals surface area contributed by atoms with Crippen LogP contribution in [0.25, 0.3) is 22.4 Å². The van der Waals surface area contributed by atoms with Crippen LogP contribution in [0.3, 0.4) is 0 Å². The van der Waals surface area contributed by atoms with E-state index in [0.29, 0.717) is 66.7 Å². The summed E-state index contributed by atoms with van der Waals surface area (Å²) < 4.78 is 10.6. The zero-order chi connectivity index (χ0) is 19.5. The number of hydrogen-bond donors (Lipinski definition) is 1. The average molecular weight is 380 g/mol. The summed E-state index contributed by atoms with van der Waals surface area (Å²) in [6.07, 6.45) is 1.58. The van der Waals surface area contributed by atoms with E-state index >= 15 is 0 Å². The highest BCUT2D eigenvalue weighted by Gasteiger charge is 2.20. The van der Waals surface area contributed by atoms with Crippen molar-refractivity contribution in [3.8, 4) is 11.3 Å². The molecule has 0 spiro atoms. The highest BCUT2D eigenvalue weighted by atomic mass is 16.5. The first-order chi connectivity index (χ1) is 13.7. The lowest BCUT2D eigenvalue weighted by atomic mass is 10.0. The molecule has 0 amide bonds. The molecular weight excluding hydrogens is 360 g/mol. The SMILES string of the molecule is CCOC(=O)c1ccccc1-c1cnc2nc(N)nc(N3CCOCC3)c2n1. The van der Waals surface area contributed by atoms with E-state index in [4.69, 9.17) is 20.2 Å². The molecule has 9 nitrogen and oxygen atoms in total. The molecule has 144 valence electrons. The molecule has 0 unspecified atom stereocenters. The van der Waals surface area contributed by atoms with Crippen molar-refractivity contribution >= 4 is 28.9 Å². The van der Waals surface area contributed by atoms with Gasteiger partial charge in [0.05, 0.1) is 37.3 Å². The summed E-state index contributed by atoms with van der Waals surface area (Å²) in [6, 6.07) is 7.15. The minimum atomic E-state index is -0.401. The number of ether oxygens (including phenoxy) is 2. The second-order valence-corrected chi connectivity index (χ2v) is 6.20. The summed E-state index contributed by atoms with van der Waals surface area (Å²) in [4.78, 5) is 32.1. The summed E-state index contributed by atoms with van der Waals surface area (Å²) in [5.74, 6) is 0.360. The largest absolute Gasteiger partial charge is 0.462 e. The Morgan fingerprint density at radius 1 is 1.21 bits per heavy atom. The van der Waals surface area contributed by atoms with Crippen LogP contribution >= 0.6 is 0 Å². The number of esters is 1. The molecule has 4 rings (SSSR count). The quantitative estimate of drug-likeness (QED) is 0.675. The van der Waals surface area contributed by atoms with Gasteiger partial charge in [-0.25, -0.2) is 14.8 Å². The molecule has 1 aliphatic rings. The van der Waals surface area contributed by atoms with Crippen LogP contribution in [0, 0.1) is 0 Å². The Labute approximate surface area is 161 Å². The number of aromatic nitrogens is 4. The predicted octanol–water partition coefficient (Wildman–Crippen LogP) is 1.68. The number of fused-ring (bicyclic) bond motifs is 1. The van der Waals surface area contributed by atoms with Gasteiger partial charge >= 0.3 is 5.97 Å². The van der Waals surface area contributed by atoms with Crippen molar-refractivity contribution in [3.63, 3.8) is 0 Å². The zero-order valence-electron chi connectivity index (χ0n) is 15.5. The van der Waals surface area contributed by atoms with Crippen LogP contribution in [0.15, 0.2) is 30.5 Å². The molecule has 9 heteroatoms. The van der Waals surface area contributed by atoms with Crippen molar-refractivity contribution in [2.45, 2.75) is 6.92 Å². The molecule has 0 bridgehead atoms. The number of carbonyl (C=O) groups is 1. The van der Waals surface area contributed by atoms with E-state index in [1.54, 1.807) is 25.3 Å². The summed E-state index contributed by atoms with van der Waals surface area (Å²) in [7, 11) is 0. The standard InChI is InChI=1S/C19H20N6O3/c1-2-28-18(26)13-6-4-3-5-12(13)14-11-21-16-15(22-14)17(24-19(20)23-16)25-7-9-27-10-8-25/h3-6,11H,2,7-10H2,1H3,(H2,20,21,23,24). The molecule has 0 radical (unpaired) electrons. The molecule has 1 aromatic carbocycles. The molecule has 0 aliphatic carbocycles. The molecule has 3 heterocycles. The van der Waals surface area contributed by atoms with Gasteiger partial charge in [-0.3, -0.25) is 0 Å². The van der Waals surface area contributed by atoms with Gasteiger partial charge in [-0.05, 0) is 13.0 Å². The fraction of sp³-hybridized carbons (Fsp3) is 0.316. The maximum absolute atomic E-state index is 12.3. The van der Waals surface area contributed by atoms with E-state index in [0.717, 1.165) is 0 Å². The Hall–Kier alpha value is -3.33. The van der Waals surface area contributed by atoms with E-state index in [9.17, 15) is 4.79 Å². The molecule has 3 aromatic rings. The van der Waals surface area contributed by atoms with Crippen LogP contribution in [0.5, 0.6) is 0 Å². The Morgan fingerprint density at radius 3 is 2.79 bits per heavy atom. The number of carbonyl (C=O) groups excluding carboxylic acids is 1. The fourth-order valence-electron chi connectivity index (χ4n) is 3.13. The van der Waals surface area contributed by atoms with Gasteiger partial charge in [0, 0.05) is 18.7 Å². The van der Waals surface area contributed by atoms with Gasteiger partial charge in [0.25, 0.3) is 0 Å². The lowest BCUT2D eigenvalue weighted by Crippen LogP contribution is -2.37. The van der Waals surface area contributed by atoms with Gasteiger partial charge in [-0.1, -0.05) is 18.2 Å². The number of morpholine rings is 1. The number of rotatable bonds is 4. The first kappa shape index (κ1) is 18.1. The minimum Gasteiger partial charge on any atom is -0.462 e. The number of nitrogens with two attached hydrogens (primary N) is 1. The number of hydrogen-bond acceptors (Lipinski definition) is 9. The third-order valence-electron chi connectivity index (χ3n) is 4.41. The van der Waals surface area contributed by atoms with E-state index < -0.39 is 5.97 Å². The Bertz CT molecular complexity index is 1020. The van der Waals surface area contributed by atoms with E-state index in [1.807, 2.05) is 12.1 Å². The highest BCUT2D eigenvalue weighted by Crippen LogP contribution is 2.27. The van der Waals surface area contributed by atoms with Gasteiger partial charge < -0.3 is 20.1 Å². The van der Waals surface area contributed by atoms with Crippen molar-refractivity contribution in [2.24, 2.45) is 0 Å². The lowest BCUT2D eigenvalue weighted by molar-refractivity contribution is 0.0527. The predicted molar refractivity (Wildman–Crippen MR) is 104 cm³/mol. The lowest BCUT2D eigenvalue weighted by Gasteiger charge is -2.28. The maximum atomic E-state index is 12.3. The second-order valence-electron chi connectivity index (χ2n) is 6.20. The van der Waals surface area contributed by atoms with Crippen molar-refractivity contribution in [3.05, 3.63) is 36.0 Å². The zero-order valence-corrected chi connectivity index (χ0v) is 15.5. The molecular formula is C19H20N6O3. The van der Waals surface area contributed by atoms with Crippen LogP contribution in [0.2, 0.25) is 0 Å². The number of nitrogens with zero attached hydrogens (tertiary/aromatic N) is 5. The van der Waals surface area contributed by atoms with E-state index in [-0.39, 0.29) is 5.95 Å². The van der Waals surface area contributed by atoms with Gasteiger partial charge in [0.1, 0.15) is 0 Å². The third-order valence-corrected chi connectivity index (χ3v) is 4.41. The highest BCUT2D eigenvalue weighted by molar-refractivity contribution is 5.97. The monoisotopic (exact) mass is 380 g/mol. The third kappa shape index (κ3) is 3.44. The van der Waals surface area contributed by atoms with Crippen molar-refractivity contribution in [1.29, 1.82) is 0 Å². The summed E-state index contributed by atoms with van der Waals surface area (Å²) in [5.41, 5.74) is 8.42. The summed E-state index contributed by atoms with van der Waals surface area (Å²) in [6.45, 7) is 4.62. The number of nitrogen functional groups attached to an aromatic ring is 1. The van der Waals surface area contributed by atoms with Crippen molar-refractivity contribution in [2.75, 3.05) is 43.5 Å². The molecule has 1 aliphatic heterocycles. The molecule has 2 N–H and O–H groups in total. The van der Waals surface area contributed by atoms with E-state index in [2.05, 4.69) is 19.9 Å². The first-order valence-electron chi connectivity index (χ1n) is 9.07. The minimum absolute atomic E-state index is 0.142. The smallest absolute Gasteiger partial charge is 0.338 e. The Kier molecular flexibility index (Phi) is 4.98. The summed E-state index contributed by atoms with van der Waals surface area (Å²) >= 11 is 0. The normalized spacial score (nSPS) is 14.2. The van der Waals surface area contributed by atoms with Crippen molar-refractivity contribution in [1.82, 2.24) is 19.9 Å². The molecule has 0 atom stereocenters. The van der Waals surface area contributed by atoms with Crippen LogP contribution in [-0.2, 0) is 9.47 Å². The van der Waals surface area contributed by atoms with Crippen LogP contribution in [0.4, 0.5) is 11.8 Å². The topological polar surface area (TPSA) is 116 Å². The second kappa shape index (κ2) is 7.73. The maximum Gasteiger partial charge on any atom is 0.338 e. The number of benzene rings is 1.